The molecule has 1 fully saturated rings. The Bertz CT molecular complexity index is 286. The second kappa shape index (κ2) is 7.48. The van der Waals surface area contributed by atoms with Crippen molar-refractivity contribution in [1.29, 1.82) is 0 Å². The Morgan fingerprint density at radius 2 is 2.11 bits per heavy atom. The summed E-state index contributed by atoms with van der Waals surface area (Å²) >= 11 is 0. The summed E-state index contributed by atoms with van der Waals surface area (Å²) in [6.45, 7) is 8.35. The highest BCUT2D eigenvalue weighted by atomic mass is 16.5. The molecule has 5 nitrogen and oxygen atoms in total. The van der Waals surface area contributed by atoms with Crippen molar-refractivity contribution in [3.05, 3.63) is 0 Å². The average molecular weight is 256 g/mol. The number of amides is 1. The molecule has 0 aromatic carbocycles. The molecule has 0 aliphatic carbocycles. The van der Waals surface area contributed by atoms with E-state index < -0.39 is 0 Å². The van der Waals surface area contributed by atoms with E-state index in [9.17, 15) is 9.59 Å². The van der Waals surface area contributed by atoms with Crippen LogP contribution in [0.4, 0.5) is 0 Å². The van der Waals surface area contributed by atoms with E-state index in [4.69, 9.17) is 4.74 Å². The Labute approximate surface area is 109 Å². The predicted octanol–water partition coefficient (Wildman–Crippen LogP) is 0.439. The van der Waals surface area contributed by atoms with E-state index in [1.165, 1.54) is 0 Å². The first-order valence-corrected chi connectivity index (χ1v) is 6.65. The van der Waals surface area contributed by atoms with Gasteiger partial charge in [0.1, 0.15) is 0 Å². The fraction of sp³-hybridized carbons (Fsp3) is 0.846. The molecule has 1 atom stereocenters. The number of ether oxygens (including phenoxy) is 1. The molecule has 1 heterocycles. The monoisotopic (exact) mass is 256 g/mol. The van der Waals surface area contributed by atoms with Crippen LogP contribution in [0.3, 0.4) is 0 Å². The van der Waals surface area contributed by atoms with Crippen molar-refractivity contribution < 1.29 is 14.3 Å². The number of rotatable bonds is 7. The second-order valence-corrected chi connectivity index (χ2v) is 5.05. The van der Waals surface area contributed by atoms with Gasteiger partial charge in [-0.1, -0.05) is 6.92 Å². The van der Waals surface area contributed by atoms with Gasteiger partial charge in [-0.3, -0.25) is 14.5 Å². The summed E-state index contributed by atoms with van der Waals surface area (Å²) < 4.78 is 5.21. The highest BCUT2D eigenvalue weighted by Crippen LogP contribution is 2.13. The second-order valence-electron chi connectivity index (χ2n) is 5.05. The summed E-state index contributed by atoms with van der Waals surface area (Å²) in [5.41, 5.74) is 0. The zero-order valence-electron chi connectivity index (χ0n) is 11.6. The van der Waals surface area contributed by atoms with Gasteiger partial charge in [0.05, 0.1) is 19.7 Å². The standard InChI is InChI=1S/C13H24N2O3/c1-4-15(8-13(17)14-10(2)3)7-12(16)11-5-6-18-9-11/h10-11H,4-9H2,1-3H3,(H,14,17). The molecule has 1 unspecified atom stereocenters. The van der Waals surface area contributed by atoms with E-state index in [1.54, 1.807) is 0 Å². The van der Waals surface area contributed by atoms with E-state index in [0.29, 0.717) is 26.3 Å². The lowest BCUT2D eigenvalue weighted by Gasteiger charge is -2.21. The van der Waals surface area contributed by atoms with Gasteiger partial charge < -0.3 is 10.1 Å². The predicted molar refractivity (Wildman–Crippen MR) is 69.3 cm³/mol. The average Bonchev–Trinajstić information content (AvgIpc) is 2.80. The van der Waals surface area contributed by atoms with Gasteiger partial charge in [-0.25, -0.2) is 0 Å². The van der Waals surface area contributed by atoms with Crippen molar-refractivity contribution in [1.82, 2.24) is 10.2 Å². The van der Waals surface area contributed by atoms with Crippen molar-refractivity contribution in [2.45, 2.75) is 33.2 Å². The molecule has 1 amide bonds. The Balaban J connectivity index is 2.36. The maximum Gasteiger partial charge on any atom is 0.234 e. The molecule has 1 N–H and O–H groups in total. The molecule has 1 aliphatic heterocycles. The molecular formula is C13H24N2O3. The van der Waals surface area contributed by atoms with Crippen molar-refractivity contribution in [3.8, 4) is 0 Å². The minimum absolute atomic E-state index is 0.0206. The first-order valence-electron chi connectivity index (χ1n) is 6.65. The van der Waals surface area contributed by atoms with Crippen LogP contribution in [0.5, 0.6) is 0 Å². The number of ketones is 1. The number of hydrogen-bond donors (Lipinski definition) is 1. The number of likely N-dealkylation sites (N-methyl/N-ethyl adjacent to an activating group) is 1. The van der Waals surface area contributed by atoms with Crippen molar-refractivity contribution >= 4 is 11.7 Å². The van der Waals surface area contributed by atoms with Crippen LogP contribution < -0.4 is 5.32 Å². The molecule has 0 aromatic heterocycles. The molecule has 5 heteroatoms. The number of carbonyl (C=O) groups excluding carboxylic acids is 2. The lowest BCUT2D eigenvalue weighted by atomic mass is 10.0. The number of nitrogens with zero attached hydrogens (tertiary/aromatic N) is 1. The Morgan fingerprint density at radius 3 is 2.61 bits per heavy atom. The van der Waals surface area contributed by atoms with Gasteiger partial charge in [0.25, 0.3) is 0 Å². The summed E-state index contributed by atoms with van der Waals surface area (Å²) in [6.07, 6.45) is 0.814. The van der Waals surface area contributed by atoms with Gasteiger partial charge in [-0.15, -0.1) is 0 Å². The van der Waals surface area contributed by atoms with Crippen LogP contribution in [-0.2, 0) is 14.3 Å². The summed E-state index contributed by atoms with van der Waals surface area (Å²) in [5.74, 6) is 0.182. The highest BCUT2D eigenvalue weighted by Gasteiger charge is 2.25. The highest BCUT2D eigenvalue weighted by molar-refractivity contribution is 5.84. The van der Waals surface area contributed by atoms with Crippen LogP contribution in [0.15, 0.2) is 0 Å². The lowest BCUT2D eigenvalue weighted by Crippen LogP contribution is -2.42. The normalized spacial score (nSPS) is 19.5. The SMILES string of the molecule is CCN(CC(=O)NC(C)C)CC(=O)C1CCOC1. The van der Waals surface area contributed by atoms with Crippen molar-refractivity contribution in [2.24, 2.45) is 5.92 Å². The molecule has 0 bridgehead atoms. The Morgan fingerprint density at radius 1 is 1.39 bits per heavy atom. The van der Waals surface area contributed by atoms with Gasteiger partial charge >= 0.3 is 0 Å². The molecule has 0 spiro atoms. The molecule has 0 radical (unpaired) electrons. The quantitative estimate of drug-likeness (QED) is 0.718. The minimum atomic E-state index is -0.0256. The molecule has 1 aliphatic rings. The molecule has 0 saturated carbocycles. The van der Waals surface area contributed by atoms with E-state index in [-0.39, 0.29) is 30.2 Å². The van der Waals surface area contributed by atoms with Gasteiger partial charge in [0.15, 0.2) is 5.78 Å². The Hall–Kier alpha value is -0.940. The smallest absolute Gasteiger partial charge is 0.234 e. The molecule has 0 aromatic rings. The first-order chi connectivity index (χ1) is 8.52. The van der Waals surface area contributed by atoms with Crippen molar-refractivity contribution in [2.75, 3.05) is 32.8 Å². The zero-order valence-corrected chi connectivity index (χ0v) is 11.6. The fourth-order valence-corrected chi connectivity index (χ4v) is 1.99. The van der Waals surface area contributed by atoms with Crippen LogP contribution in [0, 0.1) is 5.92 Å². The fourth-order valence-electron chi connectivity index (χ4n) is 1.99. The van der Waals surface area contributed by atoms with Crippen LogP contribution in [0.1, 0.15) is 27.2 Å². The van der Waals surface area contributed by atoms with Gasteiger partial charge in [-0.2, -0.15) is 0 Å². The summed E-state index contributed by atoms with van der Waals surface area (Å²) in [5, 5.41) is 2.83. The lowest BCUT2D eigenvalue weighted by molar-refractivity contribution is -0.126. The van der Waals surface area contributed by atoms with Crippen LogP contribution in [0.2, 0.25) is 0 Å². The van der Waals surface area contributed by atoms with E-state index in [1.807, 2.05) is 25.7 Å². The molecule has 1 saturated heterocycles. The number of nitrogens with one attached hydrogen (secondary N) is 1. The van der Waals surface area contributed by atoms with Gasteiger partial charge in [0.2, 0.25) is 5.91 Å². The minimum Gasteiger partial charge on any atom is -0.381 e. The van der Waals surface area contributed by atoms with E-state index >= 15 is 0 Å². The summed E-state index contributed by atoms with van der Waals surface area (Å²) in [4.78, 5) is 25.5. The number of carbonyl (C=O) groups is 2. The molecule has 18 heavy (non-hydrogen) atoms. The maximum absolute atomic E-state index is 12.0. The third-order valence-corrected chi connectivity index (χ3v) is 3.03. The van der Waals surface area contributed by atoms with Gasteiger partial charge in [-0.05, 0) is 26.8 Å². The summed E-state index contributed by atoms with van der Waals surface area (Å²) in [7, 11) is 0. The van der Waals surface area contributed by atoms with Crippen LogP contribution >= 0.6 is 0 Å². The van der Waals surface area contributed by atoms with Crippen LogP contribution in [-0.4, -0.2) is 55.5 Å². The third kappa shape index (κ3) is 5.14. The molecule has 1 rings (SSSR count). The maximum atomic E-state index is 12.0. The van der Waals surface area contributed by atoms with Crippen LogP contribution in [0.25, 0.3) is 0 Å². The van der Waals surface area contributed by atoms with Gasteiger partial charge in [0, 0.05) is 18.6 Å². The zero-order chi connectivity index (χ0) is 13.5. The van der Waals surface area contributed by atoms with E-state index in [2.05, 4.69) is 5.32 Å². The third-order valence-electron chi connectivity index (χ3n) is 3.03. The largest absolute Gasteiger partial charge is 0.381 e. The Kier molecular flexibility index (Phi) is 6.29. The van der Waals surface area contributed by atoms with E-state index in [0.717, 1.165) is 6.42 Å². The topological polar surface area (TPSA) is 58.6 Å². The molecule has 104 valence electrons. The molecular weight excluding hydrogens is 232 g/mol. The number of Topliss-reactive ketones (excluding diaryl/α,β-unsaturated/α-hetero) is 1. The summed E-state index contributed by atoms with van der Waals surface area (Å²) in [6, 6.07) is 0.134. The number of hydrogen-bond acceptors (Lipinski definition) is 4. The van der Waals surface area contributed by atoms with Crippen molar-refractivity contribution in [3.63, 3.8) is 0 Å². The first kappa shape index (κ1) is 15.1.